The fourth-order valence-corrected chi connectivity index (χ4v) is 3.10. The fourth-order valence-electron chi connectivity index (χ4n) is 1.46. The molecule has 2 aromatic rings. The Morgan fingerprint density at radius 2 is 1.55 bits per heavy atom. The van der Waals surface area contributed by atoms with E-state index < -0.39 is 32.4 Å². The van der Waals surface area contributed by atoms with Crippen LogP contribution in [0, 0.1) is 17.5 Å². The van der Waals surface area contributed by atoms with E-state index in [9.17, 15) is 21.6 Å². The third-order valence-corrected chi connectivity index (χ3v) is 4.43. The minimum atomic E-state index is -4.37. The average molecular weight is 366 g/mol. The van der Waals surface area contributed by atoms with Gasteiger partial charge in [-0.3, -0.25) is 4.72 Å². The van der Waals surface area contributed by atoms with Crippen molar-refractivity contribution in [3.05, 3.63) is 58.3 Å². The Labute approximate surface area is 121 Å². The Bertz CT molecular complexity index is 765. The lowest BCUT2D eigenvalue weighted by atomic mass is 10.3. The second-order valence-corrected chi connectivity index (χ2v) is 6.31. The molecule has 0 bridgehead atoms. The molecule has 0 aliphatic heterocycles. The predicted molar refractivity (Wildman–Crippen MR) is 71.3 cm³/mol. The summed E-state index contributed by atoms with van der Waals surface area (Å²) in [7, 11) is -4.37. The minimum absolute atomic E-state index is 0.117. The summed E-state index contributed by atoms with van der Waals surface area (Å²) in [5, 5.41) is 0. The molecule has 0 saturated carbocycles. The number of rotatable bonds is 3. The van der Waals surface area contributed by atoms with Gasteiger partial charge in [0.05, 0.1) is 5.69 Å². The van der Waals surface area contributed by atoms with Gasteiger partial charge in [-0.15, -0.1) is 0 Å². The highest BCUT2D eigenvalue weighted by Gasteiger charge is 2.21. The number of halogens is 4. The SMILES string of the molecule is O=S(=O)(Nc1cc(F)ccc1Br)c1cc(F)ccc1F. The summed E-state index contributed by atoms with van der Waals surface area (Å²) in [4.78, 5) is -0.853. The summed E-state index contributed by atoms with van der Waals surface area (Å²) in [6, 6.07) is 5.36. The van der Waals surface area contributed by atoms with Gasteiger partial charge in [0.15, 0.2) is 0 Å². The number of nitrogens with one attached hydrogen (secondary N) is 1. The van der Waals surface area contributed by atoms with Crippen LogP contribution in [0.15, 0.2) is 45.8 Å². The highest BCUT2D eigenvalue weighted by Crippen LogP contribution is 2.26. The molecule has 0 amide bonds. The number of hydrogen-bond donors (Lipinski definition) is 1. The first-order chi connectivity index (χ1) is 9.29. The Kier molecular flexibility index (Phi) is 4.05. The van der Waals surface area contributed by atoms with Crippen LogP contribution in [0.2, 0.25) is 0 Å². The molecule has 3 nitrogen and oxygen atoms in total. The van der Waals surface area contributed by atoms with E-state index in [2.05, 4.69) is 15.9 Å². The highest BCUT2D eigenvalue weighted by molar-refractivity contribution is 9.10. The molecule has 0 fully saturated rings. The summed E-state index contributed by atoms with van der Waals surface area (Å²) in [5.74, 6) is -2.68. The third-order valence-electron chi connectivity index (χ3n) is 2.36. The van der Waals surface area contributed by atoms with Gasteiger partial charge < -0.3 is 0 Å². The first-order valence-electron chi connectivity index (χ1n) is 5.22. The van der Waals surface area contributed by atoms with Crippen LogP contribution in [-0.2, 0) is 10.0 Å². The molecule has 0 radical (unpaired) electrons. The van der Waals surface area contributed by atoms with Crippen LogP contribution in [0.1, 0.15) is 0 Å². The van der Waals surface area contributed by atoms with Crippen molar-refractivity contribution >= 4 is 31.6 Å². The van der Waals surface area contributed by atoms with Crippen LogP contribution >= 0.6 is 15.9 Å². The van der Waals surface area contributed by atoms with Crippen molar-refractivity contribution in [2.45, 2.75) is 4.90 Å². The van der Waals surface area contributed by atoms with E-state index in [0.29, 0.717) is 12.1 Å². The van der Waals surface area contributed by atoms with Crippen molar-refractivity contribution in [2.75, 3.05) is 4.72 Å². The highest BCUT2D eigenvalue weighted by atomic mass is 79.9. The average Bonchev–Trinajstić information content (AvgIpc) is 2.36. The molecule has 0 unspecified atom stereocenters. The molecule has 0 aliphatic rings. The number of anilines is 1. The van der Waals surface area contributed by atoms with Gasteiger partial charge >= 0.3 is 0 Å². The molecule has 0 heterocycles. The first-order valence-corrected chi connectivity index (χ1v) is 7.50. The Hall–Kier alpha value is -1.54. The van der Waals surface area contributed by atoms with Crippen molar-refractivity contribution < 1.29 is 21.6 Å². The Morgan fingerprint density at radius 1 is 0.950 bits per heavy atom. The quantitative estimate of drug-likeness (QED) is 0.901. The first kappa shape index (κ1) is 14.9. The maximum absolute atomic E-state index is 13.5. The van der Waals surface area contributed by atoms with E-state index in [4.69, 9.17) is 0 Å². The lowest BCUT2D eigenvalue weighted by molar-refractivity contribution is 0.555. The summed E-state index contributed by atoms with van der Waals surface area (Å²) in [6.07, 6.45) is 0. The normalized spacial score (nSPS) is 11.4. The van der Waals surface area contributed by atoms with Crippen LogP contribution in [-0.4, -0.2) is 8.42 Å². The molecular weight excluding hydrogens is 359 g/mol. The maximum atomic E-state index is 13.5. The second-order valence-electron chi connectivity index (χ2n) is 3.80. The summed E-state index contributed by atoms with van der Waals surface area (Å²) < 4.78 is 65.8. The maximum Gasteiger partial charge on any atom is 0.264 e. The van der Waals surface area contributed by atoms with Crippen LogP contribution < -0.4 is 4.72 Å². The van der Waals surface area contributed by atoms with E-state index in [-0.39, 0.29) is 10.2 Å². The van der Waals surface area contributed by atoms with Crippen LogP contribution in [0.5, 0.6) is 0 Å². The van der Waals surface area contributed by atoms with Gasteiger partial charge in [0.2, 0.25) is 0 Å². The summed E-state index contributed by atoms with van der Waals surface area (Å²) >= 11 is 3.03. The van der Waals surface area contributed by atoms with Crippen LogP contribution in [0.3, 0.4) is 0 Å². The smallest absolute Gasteiger partial charge is 0.264 e. The molecule has 106 valence electrons. The summed E-state index contributed by atoms with van der Waals surface area (Å²) in [6.45, 7) is 0. The minimum Gasteiger partial charge on any atom is -0.278 e. The third kappa shape index (κ3) is 3.13. The van der Waals surface area contributed by atoms with Gasteiger partial charge in [-0.25, -0.2) is 21.6 Å². The standard InChI is InChI=1S/C12H7BrF3NO2S/c13-9-3-1-7(14)5-11(9)17-20(18,19)12-6-8(15)2-4-10(12)16/h1-6,17H. The van der Waals surface area contributed by atoms with Gasteiger partial charge in [0.25, 0.3) is 10.0 Å². The van der Waals surface area contributed by atoms with Gasteiger partial charge in [0, 0.05) is 4.47 Å². The number of hydrogen-bond acceptors (Lipinski definition) is 2. The van der Waals surface area contributed by atoms with Crippen molar-refractivity contribution in [3.8, 4) is 0 Å². The Morgan fingerprint density at radius 3 is 2.25 bits per heavy atom. The van der Waals surface area contributed by atoms with Crippen molar-refractivity contribution in [3.63, 3.8) is 0 Å². The molecule has 8 heteroatoms. The zero-order valence-corrected chi connectivity index (χ0v) is 12.1. The van der Waals surface area contributed by atoms with Gasteiger partial charge in [0.1, 0.15) is 22.3 Å². The van der Waals surface area contributed by atoms with Gasteiger partial charge in [-0.1, -0.05) is 0 Å². The summed E-state index contributed by atoms with van der Waals surface area (Å²) in [5.41, 5.74) is -0.117. The van der Waals surface area contributed by atoms with Gasteiger partial charge in [-0.05, 0) is 52.3 Å². The molecule has 0 aromatic heterocycles. The molecule has 0 aliphatic carbocycles. The number of sulfonamides is 1. The lowest BCUT2D eigenvalue weighted by Crippen LogP contribution is -2.15. The van der Waals surface area contributed by atoms with Crippen LogP contribution in [0.25, 0.3) is 0 Å². The Balaban J connectivity index is 2.46. The fraction of sp³-hybridized carbons (Fsp3) is 0. The van der Waals surface area contributed by atoms with Crippen molar-refractivity contribution in [1.82, 2.24) is 0 Å². The molecule has 0 spiro atoms. The molecule has 2 rings (SSSR count). The van der Waals surface area contributed by atoms with E-state index in [1.807, 2.05) is 4.72 Å². The molecule has 20 heavy (non-hydrogen) atoms. The molecule has 2 aromatic carbocycles. The zero-order chi connectivity index (χ0) is 14.9. The van der Waals surface area contributed by atoms with Crippen molar-refractivity contribution in [2.24, 2.45) is 0 Å². The second kappa shape index (κ2) is 5.45. The monoisotopic (exact) mass is 365 g/mol. The molecule has 0 saturated heterocycles. The van der Waals surface area contributed by atoms with Crippen molar-refractivity contribution in [1.29, 1.82) is 0 Å². The van der Waals surface area contributed by atoms with E-state index >= 15 is 0 Å². The van der Waals surface area contributed by atoms with E-state index in [1.165, 1.54) is 6.07 Å². The van der Waals surface area contributed by atoms with E-state index in [0.717, 1.165) is 18.2 Å². The van der Waals surface area contributed by atoms with Gasteiger partial charge in [-0.2, -0.15) is 0 Å². The predicted octanol–water partition coefficient (Wildman–Crippen LogP) is 3.67. The number of benzene rings is 2. The molecule has 1 N–H and O–H groups in total. The molecule has 0 atom stereocenters. The largest absolute Gasteiger partial charge is 0.278 e. The topological polar surface area (TPSA) is 46.2 Å². The lowest BCUT2D eigenvalue weighted by Gasteiger charge is -2.10. The molecular formula is C12H7BrF3NO2S. The van der Waals surface area contributed by atoms with Crippen LogP contribution in [0.4, 0.5) is 18.9 Å². The van der Waals surface area contributed by atoms with E-state index in [1.54, 1.807) is 0 Å². The zero-order valence-electron chi connectivity index (χ0n) is 9.70.